The van der Waals surface area contributed by atoms with Crippen LogP contribution in [0, 0.1) is 10.6 Å². The number of urea groups is 1. The molecule has 2 amide bonds. The van der Waals surface area contributed by atoms with Crippen LogP contribution in [-0.2, 0) is 9.62 Å². The fourth-order valence-electron chi connectivity index (χ4n) is 1.91. The molecule has 1 aromatic carbocycles. The van der Waals surface area contributed by atoms with Gasteiger partial charge >= 0.3 is 6.03 Å². The van der Waals surface area contributed by atoms with E-state index in [1.165, 1.54) is 24.5 Å². The van der Waals surface area contributed by atoms with Crippen LogP contribution in [0.4, 0.5) is 20.7 Å². The van der Waals surface area contributed by atoms with Crippen molar-refractivity contribution in [2.75, 3.05) is 29.2 Å². The summed E-state index contributed by atoms with van der Waals surface area (Å²) in [4.78, 5) is 10.8. The summed E-state index contributed by atoms with van der Waals surface area (Å²) in [6.45, 7) is 0.216. The monoisotopic (exact) mass is 462 g/mol. The Morgan fingerprint density at radius 1 is 1.52 bits per heavy atom. The van der Waals surface area contributed by atoms with E-state index >= 15 is 0 Å². The molecule has 1 unspecified atom stereocenters. The van der Waals surface area contributed by atoms with E-state index < -0.39 is 21.5 Å². The highest BCUT2D eigenvalue weighted by Crippen LogP contribution is 2.21. The first-order chi connectivity index (χ1) is 12.7. The molecular formula is C13H16BrFN8O3S. The average molecular weight is 463 g/mol. The number of amidine groups is 1. The molecule has 0 fully saturated rings. The highest BCUT2D eigenvalue weighted by molar-refractivity contribution is 9.10. The summed E-state index contributed by atoms with van der Waals surface area (Å²) >= 11 is 3.06. The molecule has 0 aliphatic heterocycles. The SMILES string of the molecule is CS(=N)(CCNc1nonc1/C(=N/O)Nc1ccc(F)c(Br)c1)=NC(N)=O. The van der Waals surface area contributed by atoms with Crippen molar-refractivity contribution in [3.05, 3.63) is 34.2 Å². The number of rotatable bonds is 6. The lowest BCUT2D eigenvalue weighted by atomic mass is 10.3. The highest BCUT2D eigenvalue weighted by Gasteiger charge is 2.18. The van der Waals surface area contributed by atoms with Gasteiger partial charge in [0.25, 0.3) is 0 Å². The van der Waals surface area contributed by atoms with Crippen LogP contribution in [0.5, 0.6) is 0 Å². The van der Waals surface area contributed by atoms with Crippen LogP contribution in [0.15, 0.2) is 36.8 Å². The maximum atomic E-state index is 13.3. The van der Waals surface area contributed by atoms with Gasteiger partial charge in [-0.3, -0.25) is 4.78 Å². The van der Waals surface area contributed by atoms with Crippen LogP contribution < -0.4 is 16.4 Å². The Labute approximate surface area is 161 Å². The number of anilines is 2. The lowest BCUT2D eigenvalue weighted by molar-refractivity contribution is 0.257. The molecule has 0 saturated carbocycles. The molecule has 14 heteroatoms. The number of halogens is 2. The molecule has 6 N–H and O–H groups in total. The van der Waals surface area contributed by atoms with Gasteiger partial charge in [0.1, 0.15) is 5.82 Å². The number of oxime groups is 1. The normalized spacial score (nSPS) is 13.7. The van der Waals surface area contributed by atoms with Crippen molar-refractivity contribution in [2.45, 2.75) is 0 Å². The van der Waals surface area contributed by atoms with Gasteiger partial charge in [-0.15, -0.1) is 0 Å². The van der Waals surface area contributed by atoms with E-state index in [-0.39, 0.29) is 34.1 Å². The molecule has 146 valence electrons. The van der Waals surface area contributed by atoms with E-state index in [0.717, 1.165) is 0 Å². The maximum absolute atomic E-state index is 13.3. The van der Waals surface area contributed by atoms with Crippen LogP contribution in [-0.4, -0.2) is 45.9 Å². The van der Waals surface area contributed by atoms with E-state index in [1.807, 2.05) is 0 Å². The van der Waals surface area contributed by atoms with Gasteiger partial charge in [0.15, 0.2) is 5.69 Å². The van der Waals surface area contributed by atoms with E-state index in [2.05, 4.69) is 51.0 Å². The van der Waals surface area contributed by atoms with Crippen molar-refractivity contribution >= 4 is 48.9 Å². The lowest BCUT2D eigenvalue weighted by Gasteiger charge is -2.09. The van der Waals surface area contributed by atoms with E-state index in [0.29, 0.717) is 5.69 Å². The van der Waals surface area contributed by atoms with Crippen LogP contribution >= 0.6 is 15.9 Å². The van der Waals surface area contributed by atoms with Crippen molar-refractivity contribution in [1.82, 2.24) is 10.3 Å². The molecule has 1 heterocycles. The molecule has 0 bridgehead atoms. The third-order valence-electron chi connectivity index (χ3n) is 3.08. The number of benzene rings is 1. The number of aromatic nitrogens is 2. The van der Waals surface area contributed by atoms with Crippen LogP contribution in [0.3, 0.4) is 0 Å². The topological polar surface area (TPSA) is 175 Å². The highest BCUT2D eigenvalue weighted by atomic mass is 79.9. The van der Waals surface area contributed by atoms with Crippen molar-refractivity contribution < 1.29 is 19.0 Å². The molecule has 0 aliphatic rings. The molecular weight excluding hydrogens is 447 g/mol. The number of nitrogens with zero attached hydrogens (tertiary/aromatic N) is 4. The Balaban J connectivity index is 2.11. The average Bonchev–Trinajstić information content (AvgIpc) is 3.02. The zero-order valence-electron chi connectivity index (χ0n) is 13.9. The first-order valence-electron chi connectivity index (χ1n) is 7.26. The number of hydrogen-bond donors (Lipinski definition) is 5. The number of primary amides is 1. The number of hydrogen-bond acceptors (Lipinski definition) is 8. The molecule has 2 rings (SSSR count). The summed E-state index contributed by atoms with van der Waals surface area (Å²) in [6, 6.07) is 3.21. The summed E-state index contributed by atoms with van der Waals surface area (Å²) in [5.74, 6) is -0.187. The molecule has 1 aromatic heterocycles. The van der Waals surface area contributed by atoms with Gasteiger partial charge in [0, 0.05) is 24.2 Å². The van der Waals surface area contributed by atoms with Crippen LogP contribution in [0.25, 0.3) is 0 Å². The van der Waals surface area contributed by atoms with E-state index in [4.69, 9.17) is 10.5 Å². The standard InChI is InChI=1S/C13H16BrFN8O3S/c1-27(17,23-13(16)24)5-4-18-11-10(21-26-22-11)12(20-25)19-7-2-3-9(15)8(14)6-7/h2-3,6,17,25H,4-5H2,1H3,(H2,16,24)(H,18,22)(H,19,20). The summed E-state index contributed by atoms with van der Waals surface area (Å²) in [5, 5.41) is 25.3. The first kappa shape index (κ1) is 20.6. The minimum absolute atomic E-state index is 0.0615. The van der Waals surface area contributed by atoms with Crippen LogP contribution in [0.2, 0.25) is 0 Å². The van der Waals surface area contributed by atoms with Crippen molar-refractivity contribution in [3.63, 3.8) is 0 Å². The molecule has 2 aromatic rings. The Morgan fingerprint density at radius 3 is 2.89 bits per heavy atom. The van der Waals surface area contributed by atoms with E-state index in [9.17, 15) is 14.4 Å². The number of amides is 2. The van der Waals surface area contributed by atoms with Gasteiger partial charge in [0.05, 0.1) is 4.47 Å². The van der Waals surface area contributed by atoms with Gasteiger partial charge in [0.2, 0.25) is 11.7 Å². The summed E-state index contributed by atoms with van der Waals surface area (Å²) in [5.41, 5.74) is 5.46. The van der Waals surface area contributed by atoms with Gasteiger partial charge < -0.3 is 21.6 Å². The third kappa shape index (κ3) is 5.89. The van der Waals surface area contributed by atoms with Gasteiger partial charge in [-0.05, 0) is 44.4 Å². The largest absolute Gasteiger partial charge is 0.409 e. The predicted octanol–water partition coefficient (Wildman–Crippen LogP) is 2.44. The predicted molar refractivity (Wildman–Crippen MR) is 102 cm³/mol. The molecule has 27 heavy (non-hydrogen) atoms. The first-order valence-corrected chi connectivity index (χ1v) is 10.2. The Kier molecular flexibility index (Phi) is 6.68. The molecule has 1 atom stereocenters. The maximum Gasteiger partial charge on any atom is 0.345 e. The fraction of sp³-hybridized carbons (Fsp3) is 0.231. The quantitative estimate of drug-likeness (QED) is 0.189. The van der Waals surface area contributed by atoms with Crippen molar-refractivity contribution in [2.24, 2.45) is 15.3 Å². The molecule has 0 spiro atoms. The molecule has 0 aliphatic carbocycles. The number of carbonyl (C=O) groups is 1. The van der Waals surface area contributed by atoms with Gasteiger partial charge in [-0.1, -0.05) is 14.8 Å². The van der Waals surface area contributed by atoms with Crippen molar-refractivity contribution in [3.8, 4) is 0 Å². The third-order valence-corrected chi connectivity index (χ3v) is 5.27. The second-order valence-electron chi connectivity index (χ2n) is 5.26. The Hall–Kier alpha value is -2.74. The lowest BCUT2D eigenvalue weighted by Crippen LogP contribution is -2.20. The fourth-order valence-corrected chi connectivity index (χ4v) is 3.28. The minimum atomic E-state index is -2.31. The second kappa shape index (κ2) is 8.77. The zero-order valence-corrected chi connectivity index (χ0v) is 16.3. The van der Waals surface area contributed by atoms with Crippen molar-refractivity contribution in [1.29, 1.82) is 4.78 Å². The number of nitrogens with one attached hydrogen (secondary N) is 3. The van der Waals surface area contributed by atoms with Gasteiger partial charge in [-0.25, -0.2) is 13.8 Å². The van der Waals surface area contributed by atoms with Crippen LogP contribution in [0.1, 0.15) is 5.69 Å². The molecule has 0 radical (unpaired) electrons. The smallest absolute Gasteiger partial charge is 0.345 e. The van der Waals surface area contributed by atoms with Gasteiger partial charge in [-0.2, -0.15) is 4.36 Å². The zero-order chi connectivity index (χ0) is 20.0. The summed E-state index contributed by atoms with van der Waals surface area (Å²) in [6.07, 6.45) is 1.51. The Morgan fingerprint density at radius 2 is 2.26 bits per heavy atom. The number of nitrogens with two attached hydrogens (primary N) is 1. The molecule has 0 saturated heterocycles. The Bertz CT molecular complexity index is 986. The summed E-state index contributed by atoms with van der Waals surface area (Å²) < 4.78 is 29.7. The minimum Gasteiger partial charge on any atom is -0.409 e. The number of carbonyl (C=O) groups excluding carboxylic acids is 1. The second-order valence-corrected chi connectivity index (χ2v) is 8.79. The van der Waals surface area contributed by atoms with E-state index in [1.54, 1.807) is 0 Å². The molecule has 11 nitrogen and oxygen atoms in total. The summed E-state index contributed by atoms with van der Waals surface area (Å²) in [7, 11) is -2.31.